The van der Waals surface area contributed by atoms with E-state index in [1.807, 2.05) is 85.2 Å². The third-order valence-electron chi connectivity index (χ3n) is 4.42. The van der Waals surface area contributed by atoms with Crippen LogP contribution < -0.4 is 4.74 Å². The molecule has 3 nitrogen and oxygen atoms in total. The van der Waals surface area contributed by atoms with Gasteiger partial charge in [-0.3, -0.25) is 4.79 Å². The summed E-state index contributed by atoms with van der Waals surface area (Å²) in [6.07, 6.45) is 5.90. The highest BCUT2D eigenvalue weighted by molar-refractivity contribution is 5.78. The zero-order chi connectivity index (χ0) is 19.2. The van der Waals surface area contributed by atoms with E-state index in [-0.39, 0.29) is 0 Å². The van der Waals surface area contributed by atoms with Gasteiger partial charge in [-0.15, -0.1) is 0 Å². The van der Waals surface area contributed by atoms with Crippen molar-refractivity contribution in [1.29, 1.82) is 0 Å². The number of ether oxygens (including phenoxy) is 1. The largest absolute Gasteiger partial charge is 0.487 e. The van der Waals surface area contributed by atoms with E-state index < -0.39 is 0 Å². The molecule has 3 heteroatoms. The van der Waals surface area contributed by atoms with Gasteiger partial charge in [-0.05, 0) is 35.4 Å². The highest BCUT2D eigenvalue weighted by atomic mass is 16.5. The quantitative estimate of drug-likeness (QED) is 0.428. The number of nitrogens with zero attached hydrogens (tertiary/aromatic N) is 1. The molecule has 4 rings (SSSR count). The lowest BCUT2D eigenvalue weighted by molar-refractivity contribution is 0.302. The van der Waals surface area contributed by atoms with Gasteiger partial charge < -0.3 is 4.74 Å². The maximum absolute atomic E-state index is 10.6. The third-order valence-corrected chi connectivity index (χ3v) is 4.42. The lowest BCUT2D eigenvalue weighted by atomic mass is 10.1. The molecule has 0 fully saturated rings. The first-order valence-electron chi connectivity index (χ1n) is 9.04. The highest BCUT2D eigenvalue weighted by Gasteiger charge is 2.00. The fourth-order valence-electron chi connectivity index (χ4n) is 2.88. The molecule has 0 atom stereocenters. The summed E-state index contributed by atoms with van der Waals surface area (Å²) in [4.78, 5) is 15.2. The summed E-state index contributed by atoms with van der Waals surface area (Å²) in [6.45, 7) is 0.431. The molecule has 28 heavy (non-hydrogen) atoms. The Hall–Kier alpha value is -3.72. The maximum Gasteiger partial charge on any atom is 0.233 e. The second-order valence-electron chi connectivity index (χ2n) is 6.41. The first-order chi connectivity index (χ1) is 13.8. The first kappa shape index (κ1) is 17.7. The molecule has 0 unspecified atom stereocenters. The Balaban J connectivity index is 1.38. The summed E-state index contributed by atoms with van der Waals surface area (Å²) < 4.78 is 5.86. The van der Waals surface area contributed by atoms with Gasteiger partial charge in [0.15, 0.2) is 0 Å². The van der Waals surface area contributed by atoms with Crippen LogP contribution in [0.4, 0.5) is 0 Å². The Labute approximate surface area is 163 Å². The van der Waals surface area contributed by atoms with Gasteiger partial charge in [-0.25, -0.2) is 4.98 Å². The van der Waals surface area contributed by atoms with E-state index in [4.69, 9.17) is 4.74 Å². The first-order valence-corrected chi connectivity index (χ1v) is 9.04. The van der Waals surface area contributed by atoms with Gasteiger partial charge in [-0.2, -0.15) is 0 Å². The van der Waals surface area contributed by atoms with Crippen LogP contribution in [0.5, 0.6) is 5.75 Å². The maximum atomic E-state index is 10.6. The van der Waals surface area contributed by atoms with Crippen LogP contribution >= 0.6 is 0 Å². The minimum atomic E-state index is 0.431. The summed E-state index contributed by atoms with van der Waals surface area (Å²) in [5.74, 6) is 0.804. The Morgan fingerprint density at radius 3 is 2.18 bits per heavy atom. The lowest BCUT2D eigenvalue weighted by Crippen LogP contribution is -1.98. The smallest absolute Gasteiger partial charge is 0.233 e. The Kier molecular flexibility index (Phi) is 5.25. The van der Waals surface area contributed by atoms with Gasteiger partial charge in [0.1, 0.15) is 12.4 Å². The molecule has 0 N–H and O–H groups in total. The molecule has 0 aliphatic heterocycles. The molecule has 0 bridgehead atoms. The van der Waals surface area contributed by atoms with E-state index in [2.05, 4.69) is 11.1 Å². The molecule has 1 heterocycles. The standard InChI is InChI=1S/C25H18NO2/c27-17-21-9-7-19(8-10-21)5-6-20-11-15-24(16-12-20)28-18-23-14-13-22-3-1-2-4-25(22)26-23/h1-16H,18H2/b6-5+. The van der Waals surface area contributed by atoms with Crippen molar-refractivity contribution in [2.24, 2.45) is 0 Å². The van der Waals surface area contributed by atoms with E-state index in [0.717, 1.165) is 33.5 Å². The number of aromatic nitrogens is 1. The lowest BCUT2D eigenvalue weighted by Gasteiger charge is -2.07. The second kappa shape index (κ2) is 8.31. The topological polar surface area (TPSA) is 39.2 Å². The molecule has 3 aromatic carbocycles. The van der Waals surface area contributed by atoms with Crippen LogP contribution in [0.25, 0.3) is 23.1 Å². The van der Waals surface area contributed by atoms with E-state index in [9.17, 15) is 4.79 Å². The van der Waals surface area contributed by atoms with Crippen molar-refractivity contribution in [2.75, 3.05) is 0 Å². The van der Waals surface area contributed by atoms with Gasteiger partial charge in [0, 0.05) is 10.9 Å². The zero-order valence-electron chi connectivity index (χ0n) is 15.2. The van der Waals surface area contributed by atoms with Crippen LogP contribution in [0.3, 0.4) is 0 Å². The minimum Gasteiger partial charge on any atom is -0.487 e. The number of benzene rings is 3. The Morgan fingerprint density at radius 1 is 0.786 bits per heavy atom. The molecule has 0 aliphatic rings. The second-order valence-corrected chi connectivity index (χ2v) is 6.41. The molecule has 0 saturated carbocycles. The highest BCUT2D eigenvalue weighted by Crippen LogP contribution is 2.17. The predicted molar refractivity (Wildman–Crippen MR) is 113 cm³/mol. The van der Waals surface area contributed by atoms with Crippen molar-refractivity contribution in [1.82, 2.24) is 4.98 Å². The van der Waals surface area contributed by atoms with E-state index in [0.29, 0.717) is 12.2 Å². The molecule has 0 amide bonds. The molecule has 1 aromatic heterocycles. The number of carbonyl (C=O) groups excluding carboxylic acids is 1. The monoisotopic (exact) mass is 364 g/mol. The van der Waals surface area contributed by atoms with E-state index in [1.165, 1.54) is 0 Å². The van der Waals surface area contributed by atoms with Crippen LogP contribution in [-0.2, 0) is 11.4 Å². The van der Waals surface area contributed by atoms with Crippen molar-refractivity contribution in [2.45, 2.75) is 6.61 Å². The van der Waals surface area contributed by atoms with Crippen molar-refractivity contribution in [3.8, 4) is 5.75 Å². The summed E-state index contributed by atoms with van der Waals surface area (Å²) >= 11 is 0. The molecule has 4 aromatic rings. The molecule has 135 valence electrons. The van der Waals surface area contributed by atoms with Gasteiger partial charge in [0.25, 0.3) is 0 Å². The van der Waals surface area contributed by atoms with Crippen molar-refractivity contribution in [3.05, 3.63) is 107 Å². The fourth-order valence-corrected chi connectivity index (χ4v) is 2.88. The van der Waals surface area contributed by atoms with Gasteiger partial charge >= 0.3 is 0 Å². The summed E-state index contributed by atoms with van der Waals surface area (Å²) in [5, 5.41) is 1.13. The average molecular weight is 364 g/mol. The summed E-state index contributed by atoms with van der Waals surface area (Å²) in [6, 6.07) is 27.3. The minimum absolute atomic E-state index is 0.431. The summed E-state index contributed by atoms with van der Waals surface area (Å²) in [7, 11) is 0. The Morgan fingerprint density at radius 2 is 1.46 bits per heavy atom. The van der Waals surface area contributed by atoms with Crippen molar-refractivity contribution < 1.29 is 9.53 Å². The molecule has 0 aliphatic carbocycles. The molecule has 0 spiro atoms. The molecular formula is C25H18NO2. The average Bonchev–Trinajstić information content (AvgIpc) is 2.77. The van der Waals surface area contributed by atoms with Crippen LogP contribution in [0.15, 0.2) is 84.9 Å². The van der Waals surface area contributed by atoms with Crippen molar-refractivity contribution >= 4 is 29.3 Å². The number of fused-ring (bicyclic) bond motifs is 1. The number of para-hydroxylation sites is 1. The van der Waals surface area contributed by atoms with Crippen LogP contribution in [0.1, 0.15) is 22.4 Å². The Bertz CT molecular complexity index is 1110. The van der Waals surface area contributed by atoms with Gasteiger partial charge in [-0.1, -0.05) is 72.8 Å². The number of hydrogen-bond acceptors (Lipinski definition) is 3. The van der Waals surface area contributed by atoms with Gasteiger partial charge in [0.2, 0.25) is 6.29 Å². The normalized spacial score (nSPS) is 11.0. The summed E-state index contributed by atoms with van der Waals surface area (Å²) in [5.41, 5.74) is 4.53. The van der Waals surface area contributed by atoms with E-state index in [1.54, 1.807) is 12.1 Å². The SMILES string of the molecule is O=[C]c1ccc(/C=C/c2ccc(OCc3ccc4ccccc4n3)cc2)cc1. The molecular weight excluding hydrogens is 346 g/mol. The van der Waals surface area contributed by atoms with Crippen molar-refractivity contribution in [3.63, 3.8) is 0 Å². The fraction of sp³-hybridized carbons (Fsp3) is 0.0400. The van der Waals surface area contributed by atoms with Gasteiger partial charge in [0.05, 0.1) is 11.2 Å². The molecule has 1 radical (unpaired) electrons. The van der Waals surface area contributed by atoms with Crippen LogP contribution in [-0.4, -0.2) is 11.3 Å². The number of rotatable bonds is 6. The third kappa shape index (κ3) is 4.33. The zero-order valence-corrected chi connectivity index (χ0v) is 15.2. The number of hydrogen-bond donors (Lipinski definition) is 0. The predicted octanol–water partition coefficient (Wildman–Crippen LogP) is 5.44. The van der Waals surface area contributed by atoms with E-state index >= 15 is 0 Å². The number of pyridine rings is 1. The molecule has 0 saturated heterocycles. The van der Waals surface area contributed by atoms with Crippen LogP contribution in [0.2, 0.25) is 0 Å². The van der Waals surface area contributed by atoms with Crippen LogP contribution in [0, 0.1) is 0 Å².